The SMILES string of the molecule is CC(=O)c1ccc(NC(=O)c2c(C)cc(C)n(C3CC3)c2=O)cc1. The second-order valence-electron chi connectivity index (χ2n) is 6.34. The molecule has 0 radical (unpaired) electrons. The van der Waals surface area contributed by atoms with Gasteiger partial charge < -0.3 is 9.88 Å². The summed E-state index contributed by atoms with van der Waals surface area (Å²) in [7, 11) is 0. The first-order valence-corrected chi connectivity index (χ1v) is 8.03. The minimum Gasteiger partial charge on any atom is -0.322 e. The molecule has 0 bridgehead atoms. The van der Waals surface area contributed by atoms with Gasteiger partial charge >= 0.3 is 0 Å². The van der Waals surface area contributed by atoms with Crippen molar-refractivity contribution >= 4 is 17.4 Å². The number of aryl methyl sites for hydroxylation is 2. The van der Waals surface area contributed by atoms with E-state index in [1.54, 1.807) is 35.8 Å². The van der Waals surface area contributed by atoms with E-state index in [0.717, 1.165) is 18.5 Å². The third kappa shape index (κ3) is 3.02. The van der Waals surface area contributed by atoms with Crippen molar-refractivity contribution in [2.24, 2.45) is 0 Å². The van der Waals surface area contributed by atoms with Crippen molar-refractivity contribution in [1.82, 2.24) is 4.57 Å². The van der Waals surface area contributed by atoms with Crippen LogP contribution < -0.4 is 10.9 Å². The highest BCUT2D eigenvalue weighted by atomic mass is 16.2. The Kier molecular flexibility index (Phi) is 4.09. The molecule has 5 heteroatoms. The Morgan fingerprint density at radius 3 is 2.29 bits per heavy atom. The van der Waals surface area contributed by atoms with Crippen LogP contribution in [0.2, 0.25) is 0 Å². The largest absolute Gasteiger partial charge is 0.322 e. The van der Waals surface area contributed by atoms with Gasteiger partial charge in [-0.3, -0.25) is 14.4 Å². The highest BCUT2D eigenvalue weighted by Crippen LogP contribution is 2.34. The number of nitrogens with zero attached hydrogens (tertiary/aromatic N) is 1. The van der Waals surface area contributed by atoms with Gasteiger partial charge in [0.25, 0.3) is 11.5 Å². The molecule has 2 aromatic rings. The van der Waals surface area contributed by atoms with Gasteiger partial charge in [-0.15, -0.1) is 0 Å². The van der Waals surface area contributed by atoms with Gasteiger partial charge in [0, 0.05) is 23.0 Å². The molecule has 1 amide bonds. The fraction of sp³-hybridized carbons (Fsp3) is 0.316. The van der Waals surface area contributed by atoms with Gasteiger partial charge in [-0.1, -0.05) is 0 Å². The lowest BCUT2D eigenvalue weighted by molar-refractivity contribution is 0.101. The minimum atomic E-state index is -0.414. The summed E-state index contributed by atoms with van der Waals surface area (Å²) in [6, 6.07) is 8.74. The molecule has 1 N–H and O–H groups in total. The summed E-state index contributed by atoms with van der Waals surface area (Å²) in [6.45, 7) is 5.16. The lowest BCUT2D eigenvalue weighted by atomic mass is 10.1. The van der Waals surface area contributed by atoms with Gasteiger partial charge in [0.1, 0.15) is 5.56 Å². The van der Waals surface area contributed by atoms with Crippen LogP contribution in [-0.4, -0.2) is 16.3 Å². The molecule has 1 aliphatic carbocycles. The van der Waals surface area contributed by atoms with Crippen molar-refractivity contribution in [2.75, 3.05) is 5.32 Å². The van der Waals surface area contributed by atoms with Gasteiger partial charge in [0.15, 0.2) is 5.78 Å². The number of rotatable bonds is 4. The summed E-state index contributed by atoms with van der Waals surface area (Å²) in [4.78, 5) is 36.6. The molecule has 0 atom stereocenters. The molecule has 1 heterocycles. The zero-order chi connectivity index (χ0) is 17.4. The Labute approximate surface area is 140 Å². The van der Waals surface area contributed by atoms with Crippen molar-refractivity contribution < 1.29 is 9.59 Å². The lowest BCUT2D eigenvalue weighted by Gasteiger charge is -2.14. The molecule has 3 rings (SSSR count). The summed E-state index contributed by atoms with van der Waals surface area (Å²) in [6.07, 6.45) is 1.97. The first kappa shape index (κ1) is 16.2. The van der Waals surface area contributed by atoms with Crippen LogP contribution in [0.1, 0.15) is 57.8 Å². The second-order valence-corrected chi connectivity index (χ2v) is 6.34. The van der Waals surface area contributed by atoms with E-state index in [1.807, 2.05) is 13.0 Å². The van der Waals surface area contributed by atoms with Gasteiger partial charge in [-0.05, 0) is 69.5 Å². The number of carbonyl (C=O) groups is 2. The van der Waals surface area contributed by atoms with Gasteiger partial charge in [0.2, 0.25) is 0 Å². The van der Waals surface area contributed by atoms with Crippen LogP contribution >= 0.6 is 0 Å². The van der Waals surface area contributed by atoms with E-state index in [-0.39, 0.29) is 22.9 Å². The molecule has 1 aromatic carbocycles. The number of anilines is 1. The molecular formula is C19H20N2O3. The topological polar surface area (TPSA) is 68.2 Å². The minimum absolute atomic E-state index is 0.0328. The number of Topliss-reactive ketones (excluding diaryl/α,β-unsaturated/α-hetero) is 1. The van der Waals surface area contributed by atoms with Crippen LogP contribution in [0.25, 0.3) is 0 Å². The molecule has 124 valence electrons. The van der Waals surface area contributed by atoms with E-state index in [2.05, 4.69) is 5.32 Å². The number of nitrogens with one attached hydrogen (secondary N) is 1. The number of ketones is 1. The Morgan fingerprint density at radius 2 is 1.75 bits per heavy atom. The van der Waals surface area contributed by atoms with Crippen LogP contribution in [-0.2, 0) is 0 Å². The number of hydrogen-bond acceptors (Lipinski definition) is 3. The highest BCUT2D eigenvalue weighted by Gasteiger charge is 2.28. The van der Waals surface area contributed by atoms with Crippen molar-refractivity contribution in [3.8, 4) is 0 Å². The average molecular weight is 324 g/mol. The van der Waals surface area contributed by atoms with E-state index < -0.39 is 5.91 Å². The predicted octanol–water partition coefficient (Wildman–Crippen LogP) is 3.25. The number of pyridine rings is 1. The fourth-order valence-corrected chi connectivity index (χ4v) is 2.95. The smallest absolute Gasteiger partial charge is 0.264 e. The summed E-state index contributed by atoms with van der Waals surface area (Å²) in [5.41, 5.74) is 2.66. The number of carbonyl (C=O) groups excluding carboxylic acids is 2. The number of hydrogen-bond donors (Lipinski definition) is 1. The molecule has 1 aliphatic rings. The van der Waals surface area contributed by atoms with Crippen LogP contribution in [0.5, 0.6) is 0 Å². The number of amides is 1. The molecule has 24 heavy (non-hydrogen) atoms. The molecular weight excluding hydrogens is 304 g/mol. The van der Waals surface area contributed by atoms with Crippen LogP contribution in [0, 0.1) is 13.8 Å². The highest BCUT2D eigenvalue weighted by molar-refractivity contribution is 6.05. The molecule has 0 spiro atoms. The van der Waals surface area contributed by atoms with Gasteiger partial charge in [-0.25, -0.2) is 0 Å². The first-order valence-electron chi connectivity index (χ1n) is 8.03. The molecule has 1 aromatic heterocycles. The quantitative estimate of drug-likeness (QED) is 0.878. The second kappa shape index (κ2) is 6.07. The molecule has 1 saturated carbocycles. The van der Waals surface area contributed by atoms with E-state index >= 15 is 0 Å². The predicted molar refractivity (Wildman–Crippen MR) is 92.8 cm³/mol. The van der Waals surface area contributed by atoms with E-state index in [0.29, 0.717) is 16.8 Å². The van der Waals surface area contributed by atoms with E-state index in [1.165, 1.54) is 6.92 Å². The maximum atomic E-state index is 12.7. The zero-order valence-corrected chi connectivity index (χ0v) is 14.1. The van der Waals surface area contributed by atoms with Gasteiger partial charge in [-0.2, -0.15) is 0 Å². The third-order valence-electron chi connectivity index (χ3n) is 4.32. The standard InChI is InChI=1S/C19H20N2O3/c1-11-10-12(2)21(16-8-9-16)19(24)17(11)18(23)20-15-6-4-14(5-7-15)13(3)22/h4-7,10,16H,8-9H2,1-3H3,(H,20,23). The van der Waals surface area contributed by atoms with Crippen molar-refractivity contribution in [3.05, 3.63) is 63.1 Å². The Bertz CT molecular complexity index is 875. The summed E-state index contributed by atoms with van der Waals surface area (Å²) in [5, 5.41) is 2.75. The summed E-state index contributed by atoms with van der Waals surface area (Å²) >= 11 is 0. The summed E-state index contributed by atoms with van der Waals surface area (Å²) < 4.78 is 1.72. The fourth-order valence-electron chi connectivity index (χ4n) is 2.95. The first-order chi connectivity index (χ1) is 11.4. The van der Waals surface area contributed by atoms with E-state index in [9.17, 15) is 14.4 Å². The van der Waals surface area contributed by atoms with E-state index in [4.69, 9.17) is 0 Å². The van der Waals surface area contributed by atoms with Crippen molar-refractivity contribution in [1.29, 1.82) is 0 Å². The summed E-state index contributed by atoms with van der Waals surface area (Å²) in [5.74, 6) is -0.447. The van der Waals surface area contributed by atoms with Crippen molar-refractivity contribution in [2.45, 2.75) is 39.7 Å². The Hall–Kier alpha value is -2.69. The maximum absolute atomic E-state index is 12.7. The van der Waals surface area contributed by atoms with Gasteiger partial charge in [0.05, 0.1) is 0 Å². The Morgan fingerprint density at radius 1 is 1.12 bits per heavy atom. The Balaban J connectivity index is 1.91. The molecule has 0 aliphatic heterocycles. The van der Waals surface area contributed by atoms with Crippen LogP contribution in [0.15, 0.2) is 35.1 Å². The molecule has 0 saturated heterocycles. The maximum Gasteiger partial charge on any atom is 0.264 e. The number of benzene rings is 1. The lowest BCUT2D eigenvalue weighted by Crippen LogP contribution is -2.31. The number of aromatic nitrogens is 1. The van der Waals surface area contributed by atoms with Crippen molar-refractivity contribution in [3.63, 3.8) is 0 Å². The zero-order valence-electron chi connectivity index (χ0n) is 14.1. The van der Waals surface area contributed by atoms with Crippen LogP contribution in [0.3, 0.4) is 0 Å². The molecule has 0 unspecified atom stereocenters. The monoisotopic (exact) mass is 324 g/mol. The average Bonchev–Trinajstić information content (AvgIpc) is 3.31. The molecule has 1 fully saturated rings. The molecule has 5 nitrogen and oxygen atoms in total. The third-order valence-corrected chi connectivity index (χ3v) is 4.32. The van der Waals surface area contributed by atoms with Crippen LogP contribution in [0.4, 0.5) is 5.69 Å². The normalized spacial score (nSPS) is 13.6.